The summed E-state index contributed by atoms with van der Waals surface area (Å²) in [5.41, 5.74) is 0.765. The minimum absolute atomic E-state index is 0.000898. The molecule has 0 aliphatic heterocycles. The van der Waals surface area contributed by atoms with Crippen LogP contribution in [0.3, 0.4) is 0 Å². The van der Waals surface area contributed by atoms with Crippen molar-refractivity contribution >= 4 is 5.91 Å². The third-order valence-corrected chi connectivity index (χ3v) is 3.63. The Morgan fingerprint density at radius 2 is 2.16 bits per heavy atom. The first-order valence-electron chi connectivity index (χ1n) is 7.82. The van der Waals surface area contributed by atoms with Gasteiger partial charge in [-0.1, -0.05) is 6.07 Å². The number of methoxy groups -OCH3 is 1. The highest BCUT2D eigenvalue weighted by molar-refractivity contribution is 5.75. The minimum Gasteiger partial charge on any atom is -0.493 e. The Morgan fingerprint density at radius 1 is 1.36 bits per heavy atom. The van der Waals surface area contributed by atoms with Crippen LogP contribution in [0.4, 0.5) is 8.78 Å². The summed E-state index contributed by atoms with van der Waals surface area (Å²) in [4.78, 5) is 13.8. The normalized spacial score (nSPS) is 10.8. The Hall–Kier alpha value is -2.64. The number of carbonyl (C=O) groups is 1. The number of ether oxygens (including phenoxy) is 2. The van der Waals surface area contributed by atoms with Crippen molar-refractivity contribution < 1.29 is 23.0 Å². The molecule has 8 heteroatoms. The van der Waals surface area contributed by atoms with E-state index in [9.17, 15) is 13.6 Å². The van der Waals surface area contributed by atoms with Crippen LogP contribution in [0, 0.1) is 0 Å². The van der Waals surface area contributed by atoms with Crippen LogP contribution in [-0.2, 0) is 17.9 Å². The molecule has 1 amide bonds. The molecule has 6 nitrogen and oxygen atoms in total. The fourth-order valence-corrected chi connectivity index (χ4v) is 2.38. The highest BCUT2D eigenvalue weighted by Crippen LogP contribution is 2.29. The molecule has 0 fully saturated rings. The zero-order chi connectivity index (χ0) is 18.2. The molecule has 25 heavy (non-hydrogen) atoms. The topological polar surface area (TPSA) is 56.6 Å². The molecule has 0 bridgehead atoms. The van der Waals surface area contributed by atoms with Crippen LogP contribution in [0.2, 0.25) is 0 Å². The van der Waals surface area contributed by atoms with Crippen molar-refractivity contribution in [2.75, 3.05) is 14.2 Å². The van der Waals surface area contributed by atoms with Gasteiger partial charge < -0.3 is 14.4 Å². The zero-order valence-electron chi connectivity index (χ0n) is 14.2. The van der Waals surface area contributed by atoms with Crippen molar-refractivity contribution in [2.45, 2.75) is 32.5 Å². The summed E-state index contributed by atoms with van der Waals surface area (Å²) < 4.78 is 35.9. The smallest absolute Gasteiger partial charge is 0.387 e. The molecule has 0 unspecified atom stereocenters. The first-order valence-corrected chi connectivity index (χ1v) is 7.82. The molecule has 0 aliphatic rings. The fraction of sp³-hybridized carbons (Fsp3) is 0.412. The molecule has 1 aromatic heterocycles. The van der Waals surface area contributed by atoms with Crippen molar-refractivity contribution in [3.05, 3.63) is 42.2 Å². The Bertz CT molecular complexity index is 678. The largest absolute Gasteiger partial charge is 0.493 e. The number of aromatic nitrogens is 2. The van der Waals surface area contributed by atoms with E-state index < -0.39 is 6.61 Å². The van der Waals surface area contributed by atoms with Crippen LogP contribution >= 0.6 is 0 Å². The Balaban J connectivity index is 1.88. The van der Waals surface area contributed by atoms with Gasteiger partial charge in [0.25, 0.3) is 0 Å². The van der Waals surface area contributed by atoms with E-state index in [2.05, 4.69) is 9.84 Å². The number of alkyl halides is 2. The molecule has 2 rings (SSSR count). The lowest BCUT2D eigenvalue weighted by Crippen LogP contribution is -2.26. The molecule has 136 valence electrons. The van der Waals surface area contributed by atoms with Crippen LogP contribution in [0.1, 0.15) is 18.4 Å². The first-order chi connectivity index (χ1) is 12.0. The van der Waals surface area contributed by atoms with E-state index in [1.807, 2.05) is 12.3 Å². The Morgan fingerprint density at radius 3 is 2.80 bits per heavy atom. The number of carbonyl (C=O) groups excluding carboxylic acids is 1. The number of hydrogen-bond donors (Lipinski definition) is 0. The second kappa shape index (κ2) is 9.00. The predicted octanol–water partition coefficient (Wildman–Crippen LogP) is 2.93. The zero-order valence-corrected chi connectivity index (χ0v) is 14.2. The summed E-state index contributed by atoms with van der Waals surface area (Å²) in [6, 6.07) is 6.47. The van der Waals surface area contributed by atoms with Gasteiger partial charge in [0.2, 0.25) is 5.91 Å². The minimum atomic E-state index is -2.92. The second-order valence-corrected chi connectivity index (χ2v) is 5.49. The molecule has 0 radical (unpaired) electrons. The van der Waals surface area contributed by atoms with Crippen LogP contribution in [0.25, 0.3) is 0 Å². The second-order valence-electron chi connectivity index (χ2n) is 5.49. The van der Waals surface area contributed by atoms with Crippen LogP contribution < -0.4 is 9.47 Å². The molecular weight excluding hydrogens is 332 g/mol. The fourth-order valence-electron chi connectivity index (χ4n) is 2.38. The quantitative estimate of drug-likeness (QED) is 0.696. The number of amides is 1. The maximum absolute atomic E-state index is 12.3. The molecule has 1 aromatic carbocycles. The molecule has 2 aromatic rings. The summed E-state index contributed by atoms with van der Waals surface area (Å²) in [6.45, 7) is -1.88. The lowest BCUT2D eigenvalue weighted by Gasteiger charge is -2.18. The number of halogens is 2. The van der Waals surface area contributed by atoms with Crippen molar-refractivity contribution in [3.63, 3.8) is 0 Å². The number of hydrogen-bond acceptors (Lipinski definition) is 4. The predicted molar refractivity (Wildman–Crippen MR) is 87.6 cm³/mol. The van der Waals surface area contributed by atoms with E-state index in [0.717, 1.165) is 5.56 Å². The molecule has 0 spiro atoms. The number of benzene rings is 1. The third kappa shape index (κ3) is 5.74. The molecule has 0 aliphatic carbocycles. The molecule has 1 heterocycles. The van der Waals surface area contributed by atoms with E-state index in [1.54, 1.807) is 35.0 Å². The maximum Gasteiger partial charge on any atom is 0.387 e. The SMILES string of the molecule is COc1cc(CN(C)C(=O)CCCn2cccn2)ccc1OC(F)F. The summed E-state index contributed by atoms with van der Waals surface area (Å²) in [6.07, 6.45) is 4.64. The highest BCUT2D eigenvalue weighted by Gasteiger charge is 2.13. The summed E-state index contributed by atoms with van der Waals surface area (Å²) in [5.74, 6) is 0.172. The average Bonchev–Trinajstić information content (AvgIpc) is 3.09. The Kier molecular flexibility index (Phi) is 6.73. The summed E-state index contributed by atoms with van der Waals surface area (Å²) >= 11 is 0. The number of aryl methyl sites for hydroxylation is 1. The van der Waals surface area contributed by atoms with Gasteiger partial charge in [-0.3, -0.25) is 9.48 Å². The van der Waals surface area contributed by atoms with Gasteiger partial charge in [-0.25, -0.2) is 0 Å². The average molecular weight is 353 g/mol. The van der Waals surface area contributed by atoms with E-state index >= 15 is 0 Å². The van der Waals surface area contributed by atoms with Gasteiger partial charge in [-0.15, -0.1) is 0 Å². The standard InChI is InChI=1S/C17H21F2N3O3/c1-21(16(23)5-3-9-22-10-4-8-20-22)12-13-6-7-14(25-17(18)19)15(11-13)24-2/h4,6-8,10-11,17H,3,5,9,12H2,1-2H3. The lowest BCUT2D eigenvalue weighted by molar-refractivity contribution is -0.130. The lowest BCUT2D eigenvalue weighted by atomic mass is 10.2. The summed E-state index contributed by atoms with van der Waals surface area (Å²) in [7, 11) is 3.08. The van der Waals surface area contributed by atoms with E-state index in [-0.39, 0.29) is 17.4 Å². The van der Waals surface area contributed by atoms with Crippen LogP contribution in [0.5, 0.6) is 11.5 Å². The first kappa shape index (κ1) is 18.7. The van der Waals surface area contributed by atoms with E-state index in [0.29, 0.717) is 25.9 Å². The van der Waals surface area contributed by atoms with Crippen molar-refractivity contribution in [3.8, 4) is 11.5 Å². The number of rotatable bonds is 9. The van der Waals surface area contributed by atoms with Crippen molar-refractivity contribution in [1.29, 1.82) is 0 Å². The van der Waals surface area contributed by atoms with Crippen LogP contribution in [-0.4, -0.2) is 41.4 Å². The third-order valence-electron chi connectivity index (χ3n) is 3.63. The van der Waals surface area contributed by atoms with Gasteiger partial charge in [0.15, 0.2) is 11.5 Å². The monoisotopic (exact) mass is 353 g/mol. The van der Waals surface area contributed by atoms with Gasteiger partial charge in [-0.05, 0) is 30.2 Å². The highest BCUT2D eigenvalue weighted by atomic mass is 19.3. The number of nitrogens with zero attached hydrogens (tertiary/aromatic N) is 3. The Labute approximate surface area is 144 Å². The maximum atomic E-state index is 12.3. The van der Waals surface area contributed by atoms with E-state index in [4.69, 9.17) is 4.74 Å². The van der Waals surface area contributed by atoms with Crippen molar-refractivity contribution in [1.82, 2.24) is 14.7 Å². The molecule has 0 atom stereocenters. The van der Waals surface area contributed by atoms with Gasteiger partial charge in [-0.2, -0.15) is 13.9 Å². The molecular formula is C17H21F2N3O3. The van der Waals surface area contributed by atoms with Gasteiger partial charge >= 0.3 is 6.61 Å². The van der Waals surface area contributed by atoms with Gasteiger partial charge in [0.05, 0.1) is 7.11 Å². The summed E-state index contributed by atoms with van der Waals surface area (Å²) in [5, 5.41) is 4.09. The molecule has 0 saturated heterocycles. The van der Waals surface area contributed by atoms with Gasteiger partial charge in [0, 0.05) is 39.0 Å². The molecule has 0 saturated carbocycles. The molecule has 0 N–H and O–H groups in total. The van der Waals surface area contributed by atoms with Crippen molar-refractivity contribution in [2.24, 2.45) is 0 Å². The van der Waals surface area contributed by atoms with E-state index in [1.165, 1.54) is 13.2 Å². The van der Waals surface area contributed by atoms with Gasteiger partial charge in [0.1, 0.15) is 0 Å². The van der Waals surface area contributed by atoms with Crippen LogP contribution in [0.15, 0.2) is 36.7 Å².